The second-order valence-electron chi connectivity index (χ2n) is 12.8. The Morgan fingerprint density at radius 1 is 0.780 bits per heavy atom. The van der Waals surface area contributed by atoms with Gasteiger partial charge in [0.1, 0.15) is 17.8 Å². The van der Waals surface area contributed by atoms with Gasteiger partial charge in [-0.1, -0.05) is 24.1 Å². The number of hydrogen-bond donors (Lipinski definition) is 6. The number of carbonyl (C=O) groups excluding carboxylic acids is 5. The number of nitrogens with one attached hydrogen (secondary N) is 4. The molecule has 13 heteroatoms. The van der Waals surface area contributed by atoms with Gasteiger partial charge >= 0.3 is 5.97 Å². The summed E-state index contributed by atoms with van der Waals surface area (Å²) < 4.78 is 4.66. The van der Waals surface area contributed by atoms with E-state index in [0.717, 1.165) is 45.4 Å². The van der Waals surface area contributed by atoms with Crippen molar-refractivity contribution >= 4 is 41.4 Å². The smallest absolute Gasteiger partial charge is 0.305 e. The van der Waals surface area contributed by atoms with E-state index in [0.29, 0.717) is 38.0 Å². The van der Waals surface area contributed by atoms with Crippen molar-refractivity contribution in [3.63, 3.8) is 0 Å². The van der Waals surface area contributed by atoms with Crippen molar-refractivity contribution in [2.75, 3.05) is 32.2 Å². The Hall–Kier alpha value is -4.10. The summed E-state index contributed by atoms with van der Waals surface area (Å²) >= 11 is 1.51. The molecule has 0 heterocycles. The van der Waals surface area contributed by atoms with Crippen LogP contribution in [0.3, 0.4) is 0 Å². The van der Waals surface area contributed by atoms with Gasteiger partial charge < -0.3 is 36.8 Å². The second kappa shape index (κ2) is 21.2. The highest BCUT2D eigenvalue weighted by Gasteiger charge is 2.27. The maximum atomic E-state index is 13.3. The van der Waals surface area contributed by atoms with Gasteiger partial charge in [-0.3, -0.25) is 24.0 Å². The maximum Gasteiger partial charge on any atom is 0.305 e. The third kappa shape index (κ3) is 14.0. The third-order valence-electron chi connectivity index (χ3n) is 8.59. The zero-order valence-electron chi connectivity index (χ0n) is 30.5. The number of carbonyl (C=O) groups is 5. The van der Waals surface area contributed by atoms with Crippen LogP contribution in [0.5, 0.6) is 5.75 Å². The SMILES string of the molecule is COC(=O)CCCCCNC(=O)[C@H](Cc1c(C)cc(C)cc1C)NC(=O)CNC(=O)[C@@H](CCSC)NC(=O)[C@@H](N)Cc1c(C)cc(O)cc1C. The molecule has 2 rings (SSSR count). The summed E-state index contributed by atoms with van der Waals surface area (Å²) in [5.74, 6) is -1.51. The Balaban J connectivity index is 2.06. The lowest BCUT2D eigenvalue weighted by molar-refractivity contribution is -0.140. The lowest BCUT2D eigenvalue weighted by atomic mass is 9.94. The molecule has 7 N–H and O–H groups in total. The van der Waals surface area contributed by atoms with Crippen molar-refractivity contribution in [2.45, 2.75) is 97.7 Å². The molecule has 0 aliphatic rings. The number of benzene rings is 2. The second-order valence-corrected chi connectivity index (χ2v) is 13.8. The molecule has 12 nitrogen and oxygen atoms in total. The predicted octanol–water partition coefficient (Wildman–Crippen LogP) is 2.74. The van der Waals surface area contributed by atoms with Crippen molar-refractivity contribution < 1.29 is 33.8 Å². The van der Waals surface area contributed by atoms with Gasteiger partial charge in [0.2, 0.25) is 23.6 Å². The molecule has 4 amide bonds. The highest BCUT2D eigenvalue weighted by Crippen LogP contribution is 2.22. The lowest BCUT2D eigenvalue weighted by Crippen LogP contribution is -2.54. The van der Waals surface area contributed by atoms with E-state index < -0.39 is 42.4 Å². The number of nitrogens with two attached hydrogens (primary N) is 1. The van der Waals surface area contributed by atoms with Gasteiger partial charge in [-0.25, -0.2) is 0 Å². The standard InChI is InChI=1S/C37H55N5O7S/c1-22-15-23(2)29(24(3)16-22)20-32(37(48)39-13-10-8-9-11-34(45)49-6)41-33(44)21-40-36(47)31(12-14-50-7)42-35(46)30(38)19-28-25(4)17-27(43)18-26(28)5/h15-18,30-32,43H,8-14,19-21,38H2,1-7H3,(H,39,48)(H,40,47)(H,41,44)(H,42,46)/t30-,31+,32-/m0/s1. The summed E-state index contributed by atoms with van der Waals surface area (Å²) in [4.78, 5) is 64.2. The number of aryl methyl sites for hydroxylation is 5. The monoisotopic (exact) mass is 713 g/mol. The first kappa shape index (κ1) is 42.1. The van der Waals surface area contributed by atoms with Crippen molar-refractivity contribution in [3.05, 3.63) is 63.2 Å². The number of aromatic hydroxyl groups is 1. The van der Waals surface area contributed by atoms with E-state index in [1.807, 2.05) is 53.0 Å². The molecule has 0 aliphatic heterocycles. The summed E-state index contributed by atoms with van der Waals surface area (Å²) in [5, 5.41) is 20.9. The molecule has 50 heavy (non-hydrogen) atoms. The molecule has 0 bridgehead atoms. The summed E-state index contributed by atoms with van der Waals surface area (Å²) in [6, 6.07) is 4.52. The number of unbranched alkanes of at least 4 members (excludes halogenated alkanes) is 2. The molecule has 0 aliphatic carbocycles. The van der Waals surface area contributed by atoms with Crippen LogP contribution < -0.4 is 27.0 Å². The van der Waals surface area contributed by atoms with Gasteiger partial charge in [0.25, 0.3) is 0 Å². The van der Waals surface area contributed by atoms with Crippen LogP contribution in [-0.4, -0.2) is 85.0 Å². The van der Waals surface area contributed by atoms with E-state index in [1.165, 1.54) is 18.9 Å². The zero-order valence-corrected chi connectivity index (χ0v) is 31.3. The van der Waals surface area contributed by atoms with Crippen LogP contribution in [-0.2, 0) is 41.6 Å². The molecule has 0 aromatic heterocycles. The number of rotatable bonds is 20. The first-order valence-electron chi connectivity index (χ1n) is 17.0. The van der Waals surface area contributed by atoms with Crippen LogP contribution in [0.2, 0.25) is 0 Å². The van der Waals surface area contributed by atoms with Crippen LogP contribution in [0.15, 0.2) is 24.3 Å². The fraction of sp³-hybridized carbons (Fsp3) is 0.541. The Morgan fingerprint density at radius 3 is 1.96 bits per heavy atom. The summed E-state index contributed by atoms with van der Waals surface area (Å²) in [6.07, 6.45) is 5.03. The van der Waals surface area contributed by atoms with Gasteiger partial charge in [0, 0.05) is 19.4 Å². The van der Waals surface area contributed by atoms with Crippen LogP contribution in [0.4, 0.5) is 0 Å². The van der Waals surface area contributed by atoms with E-state index in [-0.39, 0.29) is 30.5 Å². The minimum absolute atomic E-state index is 0.135. The van der Waals surface area contributed by atoms with Gasteiger partial charge in [-0.15, -0.1) is 0 Å². The first-order valence-corrected chi connectivity index (χ1v) is 18.4. The summed E-state index contributed by atoms with van der Waals surface area (Å²) in [7, 11) is 1.35. The van der Waals surface area contributed by atoms with Crippen molar-refractivity contribution in [1.82, 2.24) is 21.3 Å². The fourth-order valence-electron chi connectivity index (χ4n) is 5.88. The topological polar surface area (TPSA) is 189 Å². The number of thioether (sulfide) groups is 1. The Labute approximate surface area is 300 Å². The highest BCUT2D eigenvalue weighted by molar-refractivity contribution is 7.98. The van der Waals surface area contributed by atoms with Crippen LogP contribution in [0.1, 0.15) is 71.0 Å². The fourth-order valence-corrected chi connectivity index (χ4v) is 6.35. The lowest BCUT2D eigenvalue weighted by Gasteiger charge is -2.23. The molecule has 0 unspecified atom stereocenters. The molecule has 276 valence electrons. The van der Waals surface area contributed by atoms with Gasteiger partial charge in [-0.05, 0) is 118 Å². The molecule has 3 atom stereocenters. The number of ether oxygens (including phenoxy) is 1. The van der Waals surface area contributed by atoms with Crippen molar-refractivity contribution in [3.8, 4) is 5.75 Å². The molecule has 0 saturated carbocycles. The van der Waals surface area contributed by atoms with Crippen LogP contribution >= 0.6 is 11.8 Å². The predicted molar refractivity (Wildman–Crippen MR) is 197 cm³/mol. The molecule has 0 saturated heterocycles. The van der Waals surface area contributed by atoms with E-state index in [1.54, 1.807) is 12.1 Å². The van der Waals surface area contributed by atoms with Gasteiger partial charge in [0.15, 0.2) is 0 Å². The number of hydrogen-bond acceptors (Lipinski definition) is 9. The molecule has 0 spiro atoms. The number of methoxy groups -OCH3 is 1. The minimum atomic E-state index is -0.939. The summed E-state index contributed by atoms with van der Waals surface area (Å²) in [5.41, 5.74) is 12.8. The number of amides is 4. The maximum absolute atomic E-state index is 13.3. The zero-order chi connectivity index (χ0) is 37.4. The molecular formula is C37H55N5O7S. The minimum Gasteiger partial charge on any atom is -0.508 e. The Morgan fingerprint density at radius 2 is 1.36 bits per heavy atom. The Kier molecular flexibility index (Phi) is 17.8. The van der Waals surface area contributed by atoms with E-state index in [2.05, 4.69) is 26.0 Å². The van der Waals surface area contributed by atoms with Crippen molar-refractivity contribution in [1.29, 1.82) is 0 Å². The van der Waals surface area contributed by atoms with Gasteiger partial charge in [-0.2, -0.15) is 11.8 Å². The molecule has 2 aromatic carbocycles. The molecule has 2 aromatic rings. The molecular weight excluding hydrogens is 659 g/mol. The number of phenols is 1. The Bertz CT molecular complexity index is 1450. The van der Waals surface area contributed by atoms with Crippen molar-refractivity contribution in [2.24, 2.45) is 5.73 Å². The highest BCUT2D eigenvalue weighted by atomic mass is 32.2. The normalized spacial score (nSPS) is 12.7. The quantitative estimate of drug-likeness (QED) is 0.0886. The number of phenolic OH excluding ortho intramolecular Hbond substituents is 1. The van der Waals surface area contributed by atoms with E-state index >= 15 is 0 Å². The average molecular weight is 714 g/mol. The number of esters is 1. The summed E-state index contributed by atoms with van der Waals surface area (Å²) in [6.45, 7) is 9.58. The molecule has 0 fully saturated rings. The third-order valence-corrected chi connectivity index (χ3v) is 9.24. The van der Waals surface area contributed by atoms with Gasteiger partial charge in [0.05, 0.1) is 19.7 Å². The van der Waals surface area contributed by atoms with E-state index in [9.17, 15) is 29.1 Å². The van der Waals surface area contributed by atoms with E-state index in [4.69, 9.17) is 5.73 Å². The van der Waals surface area contributed by atoms with Crippen LogP contribution in [0, 0.1) is 34.6 Å². The first-order chi connectivity index (χ1) is 23.7. The average Bonchev–Trinajstić information content (AvgIpc) is 3.05. The largest absolute Gasteiger partial charge is 0.508 e. The molecule has 0 radical (unpaired) electrons. The van der Waals surface area contributed by atoms with Crippen LogP contribution in [0.25, 0.3) is 0 Å².